The lowest BCUT2D eigenvalue weighted by atomic mass is 10.1. The molecule has 2 N–H and O–H groups in total. The predicted molar refractivity (Wildman–Crippen MR) is 62.0 cm³/mol. The highest BCUT2D eigenvalue weighted by Crippen LogP contribution is 2.27. The summed E-state index contributed by atoms with van der Waals surface area (Å²) in [7, 11) is 0. The molecule has 1 aliphatic carbocycles. The van der Waals surface area contributed by atoms with Crippen molar-refractivity contribution in [1.29, 1.82) is 0 Å². The Labute approximate surface area is 94.5 Å². The standard InChI is InChI=1S/C11H18N2OS/c1-7(2)11-9(5-12-8-3-4-8)15-10(6-14)13-11/h7-8,12,14H,3-6H2,1-2H3. The van der Waals surface area contributed by atoms with Gasteiger partial charge in [0.1, 0.15) is 5.01 Å². The Morgan fingerprint density at radius 2 is 2.27 bits per heavy atom. The molecule has 0 aliphatic heterocycles. The van der Waals surface area contributed by atoms with Crippen LogP contribution in [0.1, 0.15) is 48.2 Å². The summed E-state index contributed by atoms with van der Waals surface area (Å²) in [6.07, 6.45) is 2.62. The third kappa shape index (κ3) is 2.77. The van der Waals surface area contributed by atoms with Gasteiger partial charge in [0, 0.05) is 17.5 Å². The first-order valence-electron chi connectivity index (χ1n) is 5.53. The van der Waals surface area contributed by atoms with Crippen LogP contribution in [0.4, 0.5) is 0 Å². The molecule has 1 saturated carbocycles. The minimum Gasteiger partial charge on any atom is -0.389 e. The Morgan fingerprint density at radius 1 is 1.53 bits per heavy atom. The van der Waals surface area contributed by atoms with Crippen molar-refractivity contribution in [1.82, 2.24) is 10.3 Å². The highest BCUT2D eigenvalue weighted by molar-refractivity contribution is 7.11. The van der Waals surface area contributed by atoms with Gasteiger partial charge in [-0.25, -0.2) is 4.98 Å². The van der Waals surface area contributed by atoms with Gasteiger partial charge in [0.25, 0.3) is 0 Å². The van der Waals surface area contributed by atoms with Gasteiger partial charge in [-0.2, -0.15) is 0 Å². The van der Waals surface area contributed by atoms with Crippen LogP contribution in [-0.2, 0) is 13.2 Å². The van der Waals surface area contributed by atoms with E-state index < -0.39 is 0 Å². The number of hydrogen-bond donors (Lipinski definition) is 2. The van der Waals surface area contributed by atoms with Crippen molar-refractivity contribution in [2.24, 2.45) is 0 Å². The zero-order valence-electron chi connectivity index (χ0n) is 9.29. The summed E-state index contributed by atoms with van der Waals surface area (Å²) >= 11 is 1.63. The van der Waals surface area contributed by atoms with Crippen LogP contribution in [0.3, 0.4) is 0 Å². The minimum absolute atomic E-state index is 0.0633. The zero-order valence-corrected chi connectivity index (χ0v) is 10.1. The maximum Gasteiger partial charge on any atom is 0.119 e. The van der Waals surface area contributed by atoms with Crippen molar-refractivity contribution in [3.63, 3.8) is 0 Å². The fourth-order valence-corrected chi connectivity index (χ4v) is 2.62. The van der Waals surface area contributed by atoms with Crippen LogP contribution in [0.25, 0.3) is 0 Å². The molecule has 0 aromatic carbocycles. The second-order valence-electron chi connectivity index (χ2n) is 4.38. The lowest BCUT2D eigenvalue weighted by Gasteiger charge is -2.05. The van der Waals surface area contributed by atoms with E-state index in [1.807, 2.05) is 0 Å². The van der Waals surface area contributed by atoms with Crippen LogP contribution in [0.5, 0.6) is 0 Å². The first kappa shape index (κ1) is 11.0. The van der Waals surface area contributed by atoms with E-state index in [1.165, 1.54) is 17.7 Å². The number of thiazole rings is 1. The van der Waals surface area contributed by atoms with E-state index in [2.05, 4.69) is 24.1 Å². The maximum absolute atomic E-state index is 9.07. The molecule has 0 saturated heterocycles. The van der Waals surface area contributed by atoms with Crippen molar-refractivity contribution in [2.45, 2.75) is 51.8 Å². The van der Waals surface area contributed by atoms with Crippen LogP contribution < -0.4 is 5.32 Å². The van der Waals surface area contributed by atoms with Gasteiger partial charge in [0.2, 0.25) is 0 Å². The highest BCUT2D eigenvalue weighted by Gasteiger charge is 2.22. The number of aromatic nitrogens is 1. The van der Waals surface area contributed by atoms with Crippen LogP contribution >= 0.6 is 11.3 Å². The summed E-state index contributed by atoms with van der Waals surface area (Å²) < 4.78 is 0. The molecule has 2 rings (SSSR count). The number of aliphatic hydroxyl groups excluding tert-OH is 1. The molecule has 1 aromatic heterocycles. The van der Waals surface area contributed by atoms with Crippen molar-refractivity contribution in [3.8, 4) is 0 Å². The first-order valence-corrected chi connectivity index (χ1v) is 6.35. The molecule has 1 aromatic rings. The number of aliphatic hydroxyl groups is 1. The molecule has 0 radical (unpaired) electrons. The highest BCUT2D eigenvalue weighted by atomic mass is 32.1. The van der Waals surface area contributed by atoms with Crippen molar-refractivity contribution >= 4 is 11.3 Å². The van der Waals surface area contributed by atoms with Crippen LogP contribution in [-0.4, -0.2) is 16.1 Å². The van der Waals surface area contributed by atoms with E-state index in [-0.39, 0.29) is 6.61 Å². The van der Waals surface area contributed by atoms with E-state index in [9.17, 15) is 0 Å². The molecule has 0 spiro atoms. The summed E-state index contributed by atoms with van der Waals surface area (Å²) in [4.78, 5) is 5.75. The topological polar surface area (TPSA) is 45.2 Å². The summed E-state index contributed by atoms with van der Waals surface area (Å²) in [6, 6.07) is 0.727. The van der Waals surface area contributed by atoms with Crippen molar-refractivity contribution in [2.75, 3.05) is 0 Å². The Kier molecular flexibility index (Phi) is 3.38. The average molecular weight is 226 g/mol. The van der Waals surface area contributed by atoms with Crippen molar-refractivity contribution in [3.05, 3.63) is 15.6 Å². The van der Waals surface area contributed by atoms with Crippen LogP contribution in [0, 0.1) is 0 Å². The van der Waals surface area contributed by atoms with Gasteiger partial charge in [-0.15, -0.1) is 11.3 Å². The number of nitrogens with one attached hydrogen (secondary N) is 1. The molecule has 0 bridgehead atoms. The van der Waals surface area contributed by atoms with Gasteiger partial charge in [-0.3, -0.25) is 0 Å². The third-order valence-corrected chi connectivity index (χ3v) is 3.64. The Hall–Kier alpha value is -0.450. The normalized spacial score (nSPS) is 16.3. The summed E-state index contributed by atoms with van der Waals surface area (Å²) in [5.74, 6) is 0.442. The predicted octanol–water partition coefficient (Wildman–Crippen LogP) is 2.01. The Morgan fingerprint density at radius 3 is 2.80 bits per heavy atom. The Balaban J connectivity index is 2.07. The van der Waals surface area contributed by atoms with E-state index in [0.717, 1.165) is 23.3 Å². The van der Waals surface area contributed by atoms with E-state index in [0.29, 0.717) is 5.92 Å². The average Bonchev–Trinajstić information content (AvgIpc) is 2.94. The van der Waals surface area contributed by atoms with Gasteiger partial charge >= 0.3 is 0 Å². The molecule has 1 aliphatic rings. The molecule has 0 unspecified atom stereocenters. The molecule has 84 valence electrons. The van der Waals surface area contributed by atoms with Gasteiger partial charge in [0.05, 0.1) is 12.3 Å². The smallest absolute Gasteiger partial charge is 0.119 e. The van der Waals surface area contributed by atoms with Gasteiger partial charge in [-0.05, 0) is 18.8 Å². The second-order valence-corrected chi connectivity index (χ2v) is 5.55. The monoisotopic (exact) mass is 226 g/mol. The molecule has 4 heteroatoms. The van der Waals surface area contributed by atoms with Crippen LogP contribution in [0.15, 0.2) is 0 Å². The van der Waals surface area contributed by atoms with Gasteiger partial charge < -0.3 is 10.4 Å². The lowest BCUT2D eigenvalue weighted by molar-refractivity contribution is 0.281. The number of nitrogens with zero attached hydrogens (tertiary/aromatic N) is 1. The number of rotatable bonds is 5. The maximum atomic E-state index is 9.07. The molecule has 0 amide bonds. The molecule has 1 fully saturated rings. The van der Waals surface area contributed by atoms with E-state index >= 15 is 0 Å². The zero-order chi connectivity index (χ0) is 10.8. The number of hydrogen-bond acceptors (Lipinski definition) is 4. The quantitative estimate of drug-likeness (QED) is 0.807. The summed E-state index contributed by atoms with van der Waals surface area (Å²) in [5, 5.41) is 13.4. The van der Waals surface area contributed by atoms with Gasteiger partial charge in [-0.1, -0.05) is 13.8 Å². The first-order chi connectivity index (χ1) is 7.20. The minimum atomic E-state index is 0.0633. The molecule has 3 nitrogen and oxygen atoms in total. The Bertz CT molecular complexity index is 331. The third-order valence-electron chi connectivity index (χ3n) is 2.58. The second kappa shape index (κ2) is 4.60. The van der Waals surface area contributed by atoms with Gasteiger partial charge in [0.15, 0.2) is 0 Å². The SMILES string of the molecule is CC(C)c1nc(CO)sc1CNC1CC1. The summed E-state index contributed by atoms with van der Waals surface area (Å²) in [6.45, 7) is 5.28. The fraction of sp³-hybridized carbons (Fsp3) is 0.727. The molecular formula is C11H18N2OS. The molecule has 0 atom stereocenters. The van der Waals surface area contributed by atoms with Crippen molar-refractivity contribution < 1.29 is 5.11 Å². The molecule has 15 heavy (non-hydrogen) atoms. The molecule has 1 heterocycles. The van der Waals surface area contributed by atoms with E-state index in [4.69, 9.17) is 5.11 Å². The fourth-order valence-electron chi connectivity index (χ4n) is 1.58. The van der Waals surface area contributed by atoms with Crippen LogP contribution in [0.2, 0.25) is 0 Å². The van der Waals surface area contributed by atoms with E-state index in [1.54, 1.807) is 11.3 Å². The lowest BCUT2D eigenvalue weighted by Crippen LogP contribution is -2.15. The molecular weight excluding hydrogens is 208 g/mol. The summed E-state index contributed by atoms with van der Waals surface area (Å²) in [5.41, 5.74) is 1.15. The largest absolute Gasteiger partial charge is 0.389 e.